The third-order valence-electron chi connectivity index (χ3n) is 5.47. The smallest absolute Gasteiger partial charge is 0.321 e. The third-order valence-corrected chi connectivity index (χ3v) is 7.40. The number of nitrogens with zero attached hydrogens (tertiary/aromatic N) is 1. The Balaban J connectivity index is 1.87. The standard InChI is InChI=1S/C24H18ClNO6S/c25-16-9-10-20-18(13-16)19(15-26(20)33(31,32)17-7-3-1-4-8-17)21(27)14-22(28)24(23(29)30)11-5-2-6-12-24/h1-11,13-15,28H,12H2,(H,29,30). The lowest BCUT2D eigenvalue weighted by atomic mass is 9.79. The van der Waals surface area contributed by atoms with Crippen LogP contribution in [0.15, 0.2) is 95.8 Å². The van der Waals surface area contributed by atoms with Gasteiger partial charge in [0.1, 0.15) is 11.2 Å². The van der Waals surface area contributed by atoms with E-state index in [0.29, 0.717) is 0 Å². The van der Waals surface area contributed by atoms with Gasteiger partial charge in [0, 0.05) is 28.2 Å². The zero-order valence-corrected chi connectivity index (χ0v) is 18.6. The number of hydrogen-bond donors (Lipinski definition) is 2. The van der Waals surface area contributed by atoms with Crippen LogP contribution in [0.5, 0.6) is 0 Å². The molecule has 0 radical (unpaired) electrons. The molecule has 3 aromatic rings. The fourth-order valence-electron chi connectivity index (χ4n) is 3.68. The van der Waals surface area contributed by atoms with E-state index in [1.807, 2.05) is 0 Å². The molecule has 1 atom stereocenters. The molecule has 0 fully saturated rings. The normalized spacial score (nSPS) is 18.5. The van der Waals surface area contributed by atoms with Crippen molar-refractivity contribution in [3.8, 4) is 0 Å². The molecule has 9 heteroatoms. The number of aromatic nitrogens is 1. The Morgan fingerprint density at radius 2 is 1.79 bits per heavy atom. The lowest BCUT2D eigenvalue weighted by Crippen LogP contribution is -2.32. The number of benzene rings is 2. The third kappa shape index (κ3) is 3.88. The van der Waals surface area contributed by atoms with Crippen molar-refractivity contribution in [2.24, 2.45) is 5.41 Å². The predicted molar refractivity (Wildman–Crippen MR) is 124 cm³/mol. The Morgan fingerprint density at radius 1 is 1.06 bits per heavy atom. The number of carbonyl (C=O) groups excluding carboxylic acids is 1. The molecule has 1 aliphatic rings. The van der Waals surface area contributed by atoms with E-state index in [1.165, 1.54) is 42.5 Å². The van der Waals surface area contributed by atoms with Gasteiger partial charge in [-0.1, -0.05) is 54.1 Å². The predicted octanol–water partition coefficient (Wildman–Crippen LogP) is 4.74. The van der Waals surface area contributed by atoms with Crippen LogP contribution in [-0.2, 0) is 14.8 Å². The fraction of sp³-hybridized carbons (Fsp3) is 0.0833. The molecule has 2 aromatic carbocycles. The van der Waals surface area contributed by atoms with Crippen LogP contribution in [0.2, 0.25) is 5.02 Å². The number of hydrogen-bond acceptors (Lipinski definition) is 5. The van der Waals surface area contributed by atoms with Crippen molar-refractivity contribution in [1.82, 2.24) is 3.97 Å². The van der Waals surface area contributed by atoms with Gasteiger partial charge < -0.3 is 10.2 Å². The molecule has 0 aliphatic heterocycles. The lowest BCUT2D eigenvalue weighted by molar-refractivity contribution is -0.145. The van der Waals surface area contributed by atoms with Gasteiger partial charge in [0.2, 0.25) is 0 Å². The highest BCUT2D eigenvalue weighted by Gasteiger charge is 2.40. The number of fused-ring (bicyclic) bond motifs is 1. The summed E-state index contributed by atoms with van der Waals surface area (Å²) in [5.74, 6) is -2.73. The minimum absolute atomic E-state index is 0.0261. The second-order valence-corrected chi connectivity index (χ2v) is 9.73. The minimum Gasteiger partial charge on any atom is -0.511 e. The number of aliphatic hydroxyl groups is 1. The van der Waals surface area contributed by atoms with Crippen LogP contribution in [0.3, 0.4) is 0 Å². The molecule has 2 N–H and O–H groups in total. The molecular weight excluding hydrogens is 466 g/mol. The van der Waals surface area contributed by atoms with Crippen molar-refractivity contribution in [3.63, 3.8) is 0 Å². The van der Waals surface area contributed by atoms with Crippen LogP contribution in [-0.4, -0.2) is 34.4 Å². The van der Waals surface area contributed by atoms with Crippen LogP contribution in [0, 0.1) is 5.41 Å². The Morgan fingerprint density at radius 3 is 2.42 bits per heavy atom. The number of carboxylic acids is 1. The van der Waals surface area contributed by atoms with Crippen molar-refractivity contribution < 1.29 is 28.2 Å². The highest BCUT2D eigenvalue weighted by atomic mass is 35.5. The zero-order chi connectivity index (χ0) is 23.8. The van der Waals surface area contributed by atoms with Crippen LogP contribution < -0.4 is 0 Å². The average molecular weight is 484 g/mol. The highest BCUT2D eigenvalue weighted by Crippen LogP contribution is 2.36. The number of carbonyl (C=O) groups is 2. The topological polar surface area (TPSA) is 114 Å². The molecule has 33 heavy (non-hydrogen) atoms. The zero-order valence-electron chi connectivity index (χ0n) is 17.1. The number of aliphatic carboxylic acids is 1. The van der Waals surface area contributed by atoms with Crippen molar-refractivity contribution in [3.05, 3.63) is 101 Å². The van der Waals surface area contributed by atoms with Crippen molar-refractivity contribution in [2.75, 3.05) is 0 Å². The van der Waals surface area contributed by atoms with E-state index in [1.54, 1.807) is 30.4 Å². The summed E-state index contributed by atoms with van der Waals surface area (Å²) in [5, 5.41) is 20.8. The van der Waals surface area contributed by atoms with Crippen molar-refractivity contribution in [1.29, 1.82) is 0 Å². The Kier molecular flexibility index (Phi) is 5.73. The summed E-state index contributed by atoms with van der Waals surface area (Å²) >= 11 is 6.10. The molecule has 0 spiro atoms. The first-order valence-electron chi connectivity index (χ1n) is 9.81. The quantitative estimate of drug-likeness (QED) is 0.297. The second-order valence-electron chi connectivity index (χ2n) is 7.48. The summed E-state index contributed by atoms with van der Waals surface area (Å²) in [5.41, 5.74) is -1.61. The number of allylic oxidation sites excluding steroid dienone is 4. The maximum Gasteiger partial charge on any atom is 0.321 e. The SMILES string of the molecule is O=C(C=C(O)C1(C(=O)O)C=CC=CC1)c1cn(S(=O)(=O)c2ccccc2)c2ccc(Cl)cc12. The number of rotatable bonds is 6. The molecule has 1 aliphatic carbocycles. The van der Waals surface area contributed by atoms with Gasteiger partial charge in [-0.3, -0.25) is 9.59 Å². The van der Waals surface area contributed by atoms with Crippen LogP contribution in [0.1, 0.15) is 16.8 Å². The lowest BCUT2D eigenvalue weighted by Gasteiger charge is -2.25. The Bertz CT molecular complexity index is 1470. The summed E-state index contributed by atoms with van der Waals surface area (Å²) < 4.78 is 27.5. The first-order valence-corrected chi connectivity index (χ1v) is 11.6. The number of aliphatic hydroxyl groups excluding tert-OH is 1. The van der Waals surface area contributed by atoms with Gasteiger partial charge in [0.15, 0.2) is 5.78 Å². The number of halogens is 1. The van der Waals surface area contributed by atoms with E-state index in [9.17, 15) is 28.2 Å². The molecule has 168 valence electrons. The van der Waals surface area contributed by atoms with E-state index >= 15 is 0 Å². The Labute approximate surface area is 194 Å². The van der Waals surface area contributed by atoms with E-state index in [2.05, 4.69) is 0 Å². The van der Waals surface area contributed by atoms with Gasteiger partial charge in [-0.15, -0.1) is 0 Å². The molecule has 0 bridgehead atoms. The average Bonchev–Trinajstić information content (AvgIpc) is 3.19. The molecule has 0 saturated heterocycles. The fourth-order valence-corrected chi connectivity index (χ4v) is 5.25. The molecule has 0 amide bonds. The number of carboxylic acid groups (broad SMARTS) is 1. The molecule has 4 rings (SSSR count). The monoisotopic (exact) mass is 483 g/mol. The van der Waals surface area contributed by atoms with E-state index < -0.39 is 32.9 Å². The largest absolute Gasteiger partial charge is 0.511 e. The van der Waals surface area contributed by atoms with E-state index in [-0.39, 0.29) is 32.8 Å². The maximum atomic E-state index is 13.2. The molecule has 1 heterocycles. The van der Waals surface area contributed by atoms with Crippen molar-refractivity contribution in [2.45, 2.75) is 11.3 Å². The maximum absolute atomic E-state index is 13.2. The molecule has 1 unspecified atom stereocenters. The highest BCUT2D eigenvalue weighted by molar-refractivity contribution is 7.90. The first-order chi connectivity index (χ1) is 15.7. The summed E-state index contributed by atoms with van der Waals surface area (Å²) in [6, 6.07) is 12.1. The van der Waals surface area contributed by atoms with Gasteiger partial charge in [-0.25, -0.2) is 12.4 Å². The van der Waals surface area contributed by atoms with Crippen LogP contribution in [0.4, 0.5) is 0 Å². The Hall–Kier alpha value is -3.62. The summed E-state index contributed by atoms with van der Waals surface area (Å²) in [6.07, 6.45) is 7.91. The minimum atomic E-state index is -4.04. The summed E-state index contributed by atoms with van der Waals surface area (Å²) in [6.45, 7) is 0. The molecule has 0 saturated carbocycles. The van der Waals surface area contributed by atoms with Crippen LogP contribution in [0.25, 0.3) is 10.9 Å². The first kappa shape index (κ1) is 22.6. The van der Waals surface area contributed by atoms with E-state index in [4.69, 9.17) is 11.6 Å². The van der Waals surface area contributed by atoms with Crippen molar-refractivity contribution >= 4 is 44.3 Å². The second kappa shape index (κ2) is 8.38. The van der Waals surface area contributed by atoms with Gasteiger partial charge in [0.25, 0.3) is 10.0 Å². The summed E-state index contributed by atoms with van der Waals surface area (Å²) in [7, 11) is -4.04. The molecule has 7 nitrogen and oxygen atoms in total. The van der Waals surface area contributed by atoms with Gasteiger partial charge >= 0.3 is 5.97 Å². The van der Waals surface area contributed by atoms with Gasteiger partial charge in [-0.05, 0) is 36.8 Å². The summed E-state index contributed by atoms with van der Waals surface area (Å²) in [4.78, 5) is 25.1. The van der Waals surface area contributed by atoms with Gasteiger partial charge in [-0.2, -0.15) is 0 Å². The molecule has 1 aromatic heterocycles. The molecular formula is C24H18ClNO6S. The van der Waals surface area contributed by atoms with E-state index in [0.717, 1.165) is 16.2 Å². The number of ketones is 1. The van der Waals surface area contributed by atoms with Crippen LogP contribution >= 0.6 is 11.6 Å². The van der Waals surface area contributed by atoms with Gasteiger partial charge in [0.05, 0.1) is 10.4 Å².